The second-order valence-electron chi connectivity index (χ2n) is 4.30. The molecule has 3 aromatic rings. The molecule has 0 unspecified atom stereocenters. The molecule has 2 aromatic heterocycles. The van der Waals surface area contributed by atoms with Crippen LogP contribution in [-0.4, -0.2) is 9.55 Å². The van der Waals surface area contributed by atoms with Crippen molar-refractivity contribution in [3.05, 3.63) is 52.5 Å². The van der Waals surface area contributed by atoms with Crippen LogP contribution in [0.15, 0.2) is 41.1 Å². The highest BCUT2D eigenvalue weighted by atomic mass is 32.1. The Balaban J connectivity index is 2.24. The van der Waals surface area contributed by atoms with Crippen LogP contribution in [0.25, 0.3) is 22.7 Å². The maximum Gasteiger partial charge on any atom is 0.320 e. The van der Waals surface area contributed by atoms with Gasteiger partial charge in [-0.15, -0.1) is 0 Å². The second-order valence-corrected chi connectivity index (χ2v) is 5.08. The molecule has 0 N–H and O–H groups in total. The van der Waals surface area contributed by atoms with E-state index in [0.29, 0.717) is 11.0 Å². The highest BCUT2D eigenvalue weighted by molar-refractivity contribution is 7.08. The van der Waals surface area contributed by atoms with Gasteiger partial charge in [0, 0.05) is 0 Å². The molecule has 0 fully saturated rings. The van der Waals surface area contributed by atoms with Crippen molar-refractivity contribution in [3.8, 4) is 6.07 Å². The molecular weight excluding hydrogens is 292 g/mol. The second kappa shape index (κ2) is 5.46. The molecule has 0 saturated carbocycles. The highest BCUT2D eigenvalue weighted by Gasteiger charge is 2.20. The van der Waals surface area contributed by atoms with E-state index in [1.54, 1.807) is 30.3 Å². The first kappa shape index (κ1) is 13.5. The number of thiophene rings is 1. The standard InChI is InChI=1S/C15H9F2N3S/c16-15(17)20-13-4-2-1-3-12(13)19-14(20)11(8-18)7-10-5-6-21-9-10/h1-7,9,15H/b11-7-. The molecule has 0 amide bonds. The van der Waals surface area contributed by atoms with E-state index in [0.717, 1.165) is 10.1 Å². The van der Waals surface area contributed by atoms with Crippen LogP contribution in [0.4, 0.5) is 8.78 Å². The van der Waals surface area contributed by atoms with Crippen LogP contribution >= 0.6 is 11.3 Å². The number of nitrogens with zero attached hydrogens (tertiary/aromatic N) is 3. The Bertz CT molecular complexity index is 842. The maximum atomic E-state index is 13.4. The van der Waals surface area contributed by atoms with E-state index in [4.69, 9.17) is 0 Å². The van der Waals surface area contributed by atoms with Crippen LogP contribution < -0.4 is 0 Å². The normalized spacial score (nSPS) is 12.0. The average Bonchev–Trinajstić information content (AvgIpc) is 3.11. The number of allylic oxidation sites excluding steroid dienone is 1. The van der Waals surface area contributed by atoms with Crippen molar-refractivity contribution in [3.63, 3.8) is 0 Å². The van der Waals surface area contributed by atoms with E-state index in [1.807, 2.05) is 22.9 Å². The summed E-state index contributed by atoms with van der Waals surface area (Å²) in [6.45, 7) is -2.76. The topological polar surface area (TPSA) is 41.6 Å². The SMILES string of the molecule is N#C/C(=C/c1ccsc1)c1nc2ccccc2n1C(F)F. The number of benzene rings is 1. The summed E-state index contributed by atoms with van der Waals surface area (Å²) < 4.78 is 27.5. The highest BCUT2D eigenvalue weighted by Crippen LogP contribution is 2.28. The Morgan fingerprint density at radius 1 is 1.33 bits per heavy atom. The molecular formula is C15H9F2N3S. The van der Waals surface area contributed by atoms with Crippen LogP contribution in [0.3, 0.4) is 0 Å². The fraction of sp³-hybridized carbons (Fsp3) is 0.0667. The van der Waals surface area contributed by atoms with Gasteiger partial charge in [0.25, 0.3) is 0 Å². The number of halogens is 2. The minimum absolute atomic E-state index is 0.0140. The van der Waals surface area contributed by atoms with Gasteiger partial charge in [0.2, 0.25) is 0 Å². The van der Waals surface area contributed by atoms with Crippen LogP contribution in [-0.2, 0) is 0 Å². The number of hydrogen-bond acceptors (Lipinski definition) is 3. The van der Waals surface area contributed by atoms with Gasteiger partial charge in [-0.1, -0.05) is 12.1 Å². The molecule has 2 heterocycles. The summed E-state index contributed by atoms with van der Waals surface area (Å²) in [6.07, 6.45) is 1.57. The molecule has 3 rings (SSSR count). The van der Waals surface area contributed by atoms with Gasteiger partial charge in [-0.25, -0.2) is 4.98 Å². The van der Waals surface area contributed by atoms with Gasteiger partial charge < -0.3 is 0 Å². The van der Waals surface area contributed by atoms with Crippen molar-refractivity contribution < 1.29 is 8.78 Å². The van der Waals surface area contributed by atoms with E-state index < -0.39 is 6.55 Å². The summed E-state index contributed by atoms with van der Waals surface area (Å²) in [4.78, 5) is 4.18. The molecule has 0 radical (unpaired) electrons. The predicted molar refractivity (Wildman–Crippen MR) is 78.8 cm³/mol. The number of nitriles is 1. The summed E-state index contributed by atoms with van der Waals surface area (Å²) in [7, 11) is 0. The fourth-order valence-corrected chi connectivity index (χ4v) is 2.72. The smallest absolute Gasteiger partial charge is 0.266 e. The lowest BCUT2D eigenvalue weighted by atomic mass is 10.2. The van der Waals surface area contributed by atoms with Crippen LogP contribution in [0.5, 0.6) is 0 Å². The number of fused-ring (bicyclic) bond motifs is 1. The minimum Gasteiger partial charge on any atom is -0.266 e. The summed E-state index contributed by atoms with van der Waals surface area (Å²) >= 11 is 1.47. The van der Waals surface area contributed by atoms with Gasteiger partial charge in [0.1, 0.15) is 6.07 Å². The molecule has 104 valence electrons. The Morgan fingerprint density at radius 3 is 2.81 bits per heavy atom. The third kappa shape index (κ3) is 2.43. The maximum absolute atomic E-state index is 13.4. The van der Waals surface area contributed by atoms with E-state index in [1.165, 1.54) is 11.3 Å². The molecule has 0 aliphatic rings. The Labute approximate surface area is 123 Å². The van der Waals surface area contributed by atoms with Gasteiger partial charge in [0.15, 0.2) is 5.82 Å². The number of para-hydroxylation sites is 2. The Hall–Kier alpha value is -2.52. The van der Waals surface area contributed by atoms with Gasteiger partial charge in [0.05, 0.1) is 16.6 Å². The Morgan fingerprint density at radius 2 is 2.14 bits per heavy atom. The zero-order valence-corrected chi connectivity index (χ0v) is 11.5. The molecule has 0 aliphatic heterocycles. The first-order valence-corrected chi connectivity index (χ1v) is 7.04. The van der Waals surface area contributed by atoms with Gasteiger partial charge in [-0.3, -0.25) is 4.57 Å². The number of hydrogen-bond donors (Lipinski definition) is 0. The average molecular weight is 301 g/mol. The third-order valence-electron chi connectivity index (χ3n) is 3.01. The molecule has 0 atom stereocenters. The minimum atomic E-state index is -2.76. The molecule has 21 heavy (non-hydrogen) atoms. The van der Waals surface area contributed by atoms with Crippen LogP contribution in [0.2, 0.25) is 0 Å². The quantitative estimate of drug-likeness (QED) is 0.666. The predicted octanol–water partition coefficient (Wildman–Crippen LogP) is 4.56. The first-order valence-electron chi connectivity index (χ1n) is 6.10. The van der Waals surface area contributed by atoms with Crippen molar-refractivity contribution in [2.75, 3.05) is 0 Å². The molecule has 0 bridgehead atoms. The van der Waals surface area contributed by atoms with Crippen LogP contribution in [0, 0.1) is 11.3 Å². The molecule has 0 spiro atoms. The number of aromatic nitrogens is 2. The van der Waals surface area contributed by atoms with Gasteiger partial charge >= 0.3 is 6.55 Å². The lowest BCUT2D eigenvalue weighted by Gasteiger charge is -2.06. The number of rotatable bonds is 3. The zero-order valence-electron chi connectivity index (χ0n) is 10.7. The zero-order chi connectivity index (χ0) is 14.8. The van der Waals surface area contributed by atoms with Crippen molar-refractivity contribution >= 4 is 34.0 Å². The van der Waals surface area contributed by atoms with Crippen molar-refractivity contribution in [1.82, 2.24) is 9.55 Å². The van der Waals surface area contributed by atoms with Crippen molar-refractivity contribution in [2.24, 2.45) is 0 Å². The molecule has 3 nitrogen and oxygen atoms in total. The first-order chi connectivity index (χ1) is 10.2. The Kier molecular flexibility index (Phi) is 3.50. The van der Waals surface area contributed by atoms with E-state index in [-0.39, 0.29) is 11.4 Å². The number of imidazole rings is 1. The van der Waals surface area contributed by atoms with Crippen LogP contribution in [0.1, 0.15) is 17.9 Å². The fourth-order valence-electron chi connectivity index (χ4n) is 2.10. The lowest BCUT2D eigenvalue weighted by molar-refractivity contribution is 0.0738. The van der Waals surface area contributed by atoms with Gasteiger partial charge in [-0.05, 0) is 40.6 Å². The van der Waals surface area contributed by atoms with E-state index >= 15 is 0 Å². The van der Waals surface area contributed by atoms with E-state index in [2.05, 4.69) is 4.98 Å². The molecule has 0 aliphatic carbocycles. The lowest BCUT2D eigenvalue weighted by Crippen LogP contribution is -2.03. The monoisotopic (exact) mass is 301 g/mol. The van der Waals surface area contributed by atoms with Crippen molar-refractivity contribution in [1.29, 1.82) is 5.26 Å². The van der Waals surface area contributed by atoms with Crippen molar-refractivity contribution in [2.45, 2.75) is 6.55 Å². The summed E-state index contributed by atoms with van der Waals surface area (Å²) in [5.74, 6) is -0.0140. The molecule has 6 heteroatoms. The summed E-state index contributed by atoms with van der Waals surface area (Å²) in [5, 5.41) is 13.0. The molecule has 1 aromatic carbocycles. The van der Waals surface area contributed by atoms with Gasteiger partial charge in [-0.2, -0.15) is 25.4 Å². The third-order valence-corrected chi connectivity index (χ3v) is 3.71. The summed E-state index contributed by atoms with van der Waals surface area (Å²) in [5.41, 5.74) is 1.67. The van der Waals surface area contributed by atoms with E-state index in [9.17, 15) is 14.0 Å². The molecule has 0 saturated heterocycles. The summed E-state index contributed by atoms with van der Waals surface area (Å²) in [6, 6.07) is 10.4. The largest absolute Gasteiger partial charge is 0.320 e. The number of alkyl halides is 2.